The summed E-state index contributed by atoms with van der Waals surface area (Å²) in [5.74, 6) is 0.508. The molecule has 0 radical (unpaired) electrons. The highest BCUT2D eigenvalue weighted by molar-refractivity contribution is 7.88. The minimum Gasteiger partial charge on any atom is -0.493 e. The van der Waals surface area contributed by atoms with Crippen molar-refractivity contribution in [1.29, 1.82) is 0 Å². The molecular formula is C13H20N2O5S. The first-order chi connectivity index (χ1) is 9.59. The maximum absolute atomic E-state index is 12.2. The molecule has 0 unspecified atom stereocenters. The molecule has 118 valence electrons. The van der Waals surface area contributed by atoms with Crippen LogP contribution in [0.25, 0.3) is 0 Å². The van der Waals surface area contributed by atoms with Crippen molar-refractivity contribution in [2.45, 2.75) is 19.4 Å². The Morgan fingerprint density at radius 1 is 1.14 bits per heavy atom. The average molecular weight is 316 g/mol. The largest absolute Gasteiger partial charge is 0.493 e. The summed E-state index contributed by atoms with van der Waals surface area (Å²) in [5, 5.41) is 2.63. The van der Waals surface area contributed by atoms with Gasteiger partial charge in [0.2, 0.25) is 15.9 Å². The molecule has 7 nitrogen and oxygen atoms in total. The van der Waals surface area contributed by atoms with Gasteiger partial charge in [0.25, 0.3) is 0 Å². The summed E-state index contributed by atoms with van der Waals surface area (Å²) in [6.07, 6.45) is 0.998. The minimum atomic E-state index is -3.50. The standard InChI is InChI=1S/C13H20N2O5S/c1-13(2,15-21(5,17)18)12(16)14-9-6-7-10(19-3)11(8-9)20-4/h6-8,15H,1-5H3,(H,14,16). The van der Waals surface area contributed by atoms with Crippen LogP contribution in [0.5, 0.6) is 11.5 Å². The molecule has 0 saturated carbocycles. The molecule has 21 heavy (non-hydrogen) atoms. The molecule has 0 spiro atoms. The molecule has 0 fully saturated rings. The molecular weight excluding hydrogens is 296 g/mol. The lowest BCUT2D eigenvalue weighted by Gasteiger charge is -2.24. The smallest absolute Gasteiger partial charge is 0.245 e. The lowest BCUT2D eigenvalue weighted by molar-refractivity contribution is -0.120. The van der Waals surface area contributed by atoms with Crippen LogP contribution >= 0.6 is 0 Å². The van der Waals surface area contributed by atoms with Gasteiger partial charge < -0.3 is 14.8 Å². The van der Waals surface area contributed by atoms with Gasteiger partial charge in [-0.1, -0.05) is 0 Å². The van der Waals surface area contributed by atoms with Crippen molar-refractivity contribution in [3.05, 3.63) is 18.2 Å². The van der Waals surface area contributed by atoms with Crippen LogP contribution in [0.1, 0.15) is 13.8 Å². The first-order valence-electron chi connectivity index (χ1n) is 6.11. The number of sulfonamides is 1. The number of hydrogen-bond acceptors (Lipinski definition) is 5. The zero-order valence-corrected chi connectivity index (χ0v) is 13.5. The Morgan fingerprint density at radius 3 is 2.19 bits per heavy atom. The quantitative estimate of drug-likeness (QED) is 0.815. The minimum absolute atomic E-state index is 0.462. The van der Waals surface area contributed by atoms with Crippen LogP contribution in [-0.4, -0.2) is 40.3 Å². The Kier molecular flexibility index (Phi) is 5.19. The van der Waals surface area contributed by atoms with Crippen molar-refractivity contribution >= 4 is 21.6 Å². The zero-order chi connectivity index (χ0) is 16.3. The van der Waals surface area contributed by atoms with E-state index in [2.05, 4.69) is 10.0 Å². The van der Waals surface area contributed by atoms with Gasteiger partial charge in [0.1, 0.15) is 5.54 Å². The third kappa shape index (κ3) is 4.91. The van der Waals surface area contributed by atoms with Gasteiger partial charge in [0, 0.05) is 11.8 Å². The molecule has 2 N–H and O–H groups in total. The summed E-state index contributed by atoms with van der Waals surface area (Å²) in [7, 11) is -0.504. The van der Waals surface area contributed by atoms with Gasteiger partial charge in [-0.2, -0.15) is 0 Å². The summed E-state index contributed by atoms with van der Waals surface area (Å²) in [6.45, 7) is 2.95. The molecule has 0 aromatic heterocycles. The Labute approximate surface area is 124 Å². The van der Waals surface area contributed by atoms with Crippen LogP contribution in [0.4, 0.5) is 5.69 Å². The molecule has 0 bridgehead atoms. The maximum atomic E-state index is 12.2. The van der Waals surface area contributed by atoms with E-state index in [1.165, 1.54) is 28.1 Å². The van der Waals surface area contributed by atoms with Crippen molar-refractivity contribution in [1.82, 2.24) is 4.72 Å². The molecule has 0 aliphatic heterocycles. The monoisotopic (exact) mass is 316 g/mol. The van der Waals surface area contributed by atoms with E-state index in [-0.39, 0.29) is 0 Å². The molecule has 0 aliphatic carbocycles. The highest BCUT2D eigenvalue weighted by atomic mass is 32.2. The second kappa shape index (κ2) is 6.31. The van der Waals surface area contributed by atoms with Gasteiger partial charge in [0.15, 0.2) is 11.5 Å². The van der Waals surface area contributed by atoms with Crippen molar-refractivity contribution < 1.29 is 22.7 Å². The third-order valence-electron chi connectivity index (χ3n) is 2.65. The topological polar surface area (TPSA) is 93.7 Å². The highest BCUT2D eigenvalue weighted by Crippen LogP contribution is 2.30. The molecule has 0 aliphatic rings. The van der Waals surface area contributed by atoms with Crippen LogP contribution in [0, 0.1) is 0 Å². The van der Waals surface area contributed by atoms with E-state index in [0.29, 0.717) is 17.2 Å². The number of carbonyl (C=O) groups excluding carboxylic acids is 1. The number of hydrogen-bond donors (Lipinski definition) is 2. The average Bonchev–Trinajstić information content (AvgIpc) is 2.35. The summed E-state index contributed by atoms with van der Waals surface area (Å²) in [4.78, 5) is 12.2. The number of amides is 1. The molecule has 0 heterocycles. The van der Waals surface area contributed by atoms with Crippen LogP contribution in [0.15, 0.2) is 18.2 Å². The van der Waals surface area contributed by atoms with E-state index >= 15 is 0 Å². The number of carbonyl (C=O) groups is 1. The molecule has 1 amide bonds. The summed E-state index contributed by atoms with van der Waals surface area (Å²) in [6, 6.07) is 4.87. The van der Waals surface area contributed by atoms with Gasteiger partial charge in [-0.25, -0.2) is 13.1 Å². The fourth-order valence-electron chi connectivity index (χ4n) is 1.71. The Balaban J connectivity index is 2.93. The van der Waals surface area contributed by atoms with Crippen molar-refractivity contribution in [3.8, 4) is 11.5 Å². The molecule has 1 aromatic carbocycles. The third-order valence-corrected chi connectivity index (χ3v) is 3.53. The SMILES string of the molecule is COc1ccc(NC(=O)C(C)(C)NS(C)(=O)=O)cc1OC. The first-order valence-corrected chi connectivity index (χ1v) is 8.00. The van der Waals surface area contributed by atoms with Crippen LogP contribution in [0.3, 0.4) is 0 Å². The van der Waals surface area contributed by atoms with Gasteiger partial charge in [-0.3, -0.25) is 4.79 Å². The number of rotatable bonds is 6. The van der Waals surface area contributed by atoms with E-state index in [0.717, 1.165) is 6.26 Å². The van der Waals surface area contributed by atoms with Crippen LogP contribution in [0.2, 0.25) is 0 Å². The van der Waals surface area contributed by atoms with E-state index in [4.69, 9.17) is 9.47 Å². The predicted molar refractivity (Wildman–Crippen MR) is 80.2 cm³/mol. The first kappa shape index (κ1) is 17.3. The molecule has 1 aromatic rings. The molecule has 1 rings (SSSR count). The second-order valence-corrected chi connectivity index (χ2v) is 6.77. The Morgan fingerprint density at radius 2 is 1.71 bits per heavy atom. The Bertz CT molecular complexity index is 625. The molecule has 0 atom stereocenters. The van der Waals surface area contributed by atoms with E-state index in [1.54, 1.807) is 18.2 Å². The predicted octanol–water partition coefficient (Wildman–Crippen LogP) is 0.970. The number of ether oxygens (including phenoxy) is 2. The molecule has 0 saturated heterocycles. The summed E-state index contributed by atoms with van der Waals surface area (Å²) in [5.41, 5.74) is -0.804. The fourth-order valence-corrected chi connectivity index (χ4v) is 2.73. The number of methoxy groups -OCH3 is 2. The van der Waals surface area contributed by atoms with Gasteiger partial charge in [-0.05, 0) is 26.0 Å². The highest BCUT2D eigenvalue weighted by Gasteiger charge is 2.30. The number of nitrogens with one attached hydrogen (secondary N) is 2. The van der Waals surface area contributed by atoms with E-state index in [1.807, 2.05) is 0 Å². The van der Waals surface area contributed by atoms with Gasteiger partial charge in [0.05, 0.1) is 20.5 Å². The summed E-state index contributed by atoms with van der Waals surface area (Å²) < 4.78 is 35.0. The van der Waals surface area contributed by atoms with Crippen molar-refractivity contribution in [2.24, 2.45) is 0 Å². The van der Waals surface area contributed by atoms with E-state index in [9.17, 15) is 13.2 Å². The lowest BCUT2D eigenvalue weighted by atomic mass is 10.1. The lowest BCUT2D eigenvalue weighted by Crippen LogP contribution is -2.51. The second-order valence-electron chi connectivity index (χ2n) is 5.02. The normalized spacial score (nSPS) is 11.9. The fraction of sp³-hybridized carbons (Fsp3) is 0.462. The number of anilines is 1. The van der Waals surface area contributed by atoms with Crippen molar-refractivity contribution in [2.75, 3.05) is 25.8 Å². The van der Waals surface area contributed by atoms with Gasteiger partial charge in [-0.15, -0.1) is 0 Å². The van der Waals surface area contributed by atoms with Crippen LogP contribution in [-0.2, 0) is 14.8 Å². The van der Waals surface area contributed by atoms with E-state index < -0.39 is 21.5 Å². The zero-order valence-electron chi connectivity index (χ0n) is 12.7. The van der Waals surface area contributed by atoms with Crippen LogP contribution < -0.4 is 19.5 Å². The Hall–Kier alpha value is -1.80. The summed E-state index contributed by atoms with van der Waals surface area (Å²) >= 11 is 0. The maximum Gasteiger partial charge on any atom is 0.245 e. The van der Waals surface area contributed by atoms with Crippen molar-refractivity contribution in [3.63, 3.8) is 0 Å². The number of benzene rings is 1. The molecule has 8 heteroatoms. The van der Waals surface area contributed by atoms with Gasteiger partial charge >= 0.3 is 0 Å².